The van der Waals surface area contributed by atoms with Gasteiger partial charge in [-0.1, -0.05) is 18.2 Å². The van der Waals surface area contributed by atoms with Gasteiger partial charge >= 0.3 is 0 Å². The smallest absolute Gasteiger partial charge is 0.289 e. The second kappa shape index (κ2) is 7.73. The number of carbonyl (C=O) groups excluding carboxylic acids is 1. The van der Waals surface area contributed by atoms with Gasteiger partial charge in [0.15, 0.2) is 0 Å². The van der Waals surface area contributed by atoms with Crippen LogP contribution in [0, 0.1) is 0 Å². The maximum absolute atomic E-state index is 12.0. The second-order valence-corrected chi connectivity index (χ2v) is 5.95. The number of amides is 1. The van der Waals surface area contributed by atoms with Crippen LogP contribution in [-0.2, 0) is 0 Å². The predicted octanol–water partition coefficient (Wildman–Crippen LogP) is 3.23. The van der Waals surface area contributed by atoms with Gasteiger partial charge in [0.25, 0.3) is 5.91 Å². The lowest BCUT2D eigenvalue weighted by Gasteiger charge is -2.28. The number of nitrogens with one attached hydrogen (secondary N) is 1. The summed E-state index contributed by atoms with van der Waals surface area (Å²) < 4.78 is 0. The zero-order valence-electron chi connectivity index (χ0n) is 13.9. The molecule has 5 heteroatoms. The Kier molecular flexibility index (Phi) is 5.21. The predicted molar refractivity (Wildman–Crippen MR) is 96.4 cm³/mol. The lowest BCUT2D eigenvalue weighted by Crippen LogP contribution is -2.29. The number of hydrogen-bond donors (Lipinski definition) is 1. The van der Waals surface area contributed by atoms with Crippen molar-refractivity contribution in [3.63, 3.8) is 0 Å². The summed E-state index contributed by atoms with van der Waals surface area (Å²) in [6.45, 7) is 4.15. The lowest BCUT2D eigenvalue weighted by atomic mass is 10.1. The Bertz CT molecular complexity index is 704. The number of hydrogen-bond acceptors (Lipinski definition) is 4. The quantitative estimate of drug-likeness (QED) is 0.694. The van der Waals surface area contributed by atoms with E-state index in [-0.39, 0.29) is 5.91 Å². The Balaban J connectivity index is 1.64. The Labute approximate surface area is 142 Å². The molecule has 1 aromatic carbocycles. The summed E-state index contributed by atoms with van der Waals surface area (Å²) in [5.41, 5.74) is 5.93. The standard InChI is InChI=1S/C19H22N4O/c1-15(21-22-19(24)18-7-3-4-12-20-18)16-8-10-17(11-9-16)23-13-5-2-6-14-23/h3-4,7-12H,2,5-6,13-14H2,1H3,(H,22,24)/b21-15-. The van der Waals surface area contributed by atoms with Crippen LogP contribution in [0.1, 0.15) is 42.2 Å². The molecule has 0 radical (unpaired) electrons. The fourth-order valence-electron chi connectivity index (χ4n) is 2.82. The Morgan fingerprint density at radius 1 is 1.08 bits per heavy atom. The molecule has 1 fully saturated rings. The second-order valence-electron chi connectivity index (χ2n) is 5.95. The molecule has 2 aromatic rings. The fraction of sp³-hybridized carbons (Fsp3) is 0.316. The van der Waals surface area contributed by atoms with Gasteiger partial charge in [0.2, 0.25) is 0 Å². The normalized spacial score (nSPS) is 15.2. The number of rotatable bonds is 4. The van der Waals surface area contributed by atoms with Gasteiger partial charge in [0.05, 0.1) is 5.71 Å². The molecule has 24 heavy (non-hydrogen) atoms. The van der Waals surface area contributed by atoms with E-state index in [9.17, 15) is 4.79 Å². The van der Waals surface area contributed by atoms with E-state index in [1.165, 1.54) is 24.9 Å². The minimum absolute atomic E-state index is 0.306. The summed E-state index contributed by atoms with van der Waals surface area (Å²) in [5, 5.41) is 4.18. The number of aromatic nitrogens is 1. The lowest BCUT2D eigenvalue weighted by molar-refractivity contribution is 0.0950. The minimum Gasteiger partial charge on any atom is -0.372 e. The van der Waals surface area contributed by atoms with Crippen LogP contribution >= 0.6 is 0 Å². The zero-order valence-corrected chi connectivity index (χ0v) is 13.9. The van der Waals surface area contributed by atoms with Gasteiger partial charge in [0.1, 0.15) is 5.69 Å². The highest BCUT2D eigenvalue weighted by Gasteiger charge is 2.11. The van der Waals surface area contributed by atoms with Gasteiger partial charge in [-0.3, -0.25) is 9.78 Å². The molecule has 0 bridgehead atoms. The molecule has 124 valence electrons. The first-order valence-electron chi connectivity index (χ1n) is 8.35. The molecule has 1 N–H and O–H groups in total. The molecule has 0 atom stereocenters. The van der Waals surface area contributed by atoms with Gasteiger partial charge < -0.3 is 4.90 Å². The number of carbonyl (C=O) groups is 1. The molecule has 1 aliphatic heterocycles. The van der Waals surface area contributed by atoms with Crippen LogP contribution in [0.4, 0.5) is 5.69 Å². The van der Waals surface area contributed by atoms with Crippen LogP contribution in [0.5, 0.6) is 0 Å². The maximum Gasteiger partial charge on any atom is 0.289 e. The molecule has 0 unspecified atom stereocenters. The van der Waals surface area contributed by atoms with E-state index in [0.29, 0.717) is 5.69 Å². The van der Waals surface area contributed by atoms with E-state index < -0.39 is 0 Å². The van der Waals surface area contributed by atoms with Crippen LogP contribution < -0.4 is 10.3 Å². The fourth-order valence-corrected chi connectivity index (χ4v) is 2.82. The van der Waals surface area contributed by atoms with E-state index in [2.05, 4.69) is 44.7 Å². The summed E-state index contributed by atoms with van der Waals surface area (Å²) in [5.74, 6) is -0.306. The van der Waals surface area contributed by atoms with Crippen molar-refractivity contribution in [2.45, 2.75) is 26.2 Å². The van der Waals surface area contributed by atoms with E-state index in [0.717, 1.165) is 24.4 Å². The highest BCUT2D eigenvalue weighted by Crippen LogP contribution is 2.20. The third-order valence-electron chi connectivity index (χ3n) is 4.23. The van der Waals surface area contributed by atoms with Gasteiger partial charge in [-0.25, -0.2) is 5.43 Å². The molecule has 1 aromatic heterocycles. The molecule has 3 rings (SSSR count). The molecular formula is C19H22N4O. The van der Waals surface area contributed by atoms with Crippen molar-refractivity contribution in [3.05, 3.63) is 59.9 Å². The number of benzene rings is 1. The molecule has 0 saturated carbocycles. The Hall–Kier alpha value is -2.69. The number of anilines is 1. The summed E-state index contributed by atoms with van der Waals surface area (Å²) in [6, 6.07) is 13.6. The van der Waals surface area contributed by atoms with E-state index >= 15 is 0 Å². The van der Waals surface area contributed by atoms with Crippen molar-refractivity contribution in [2.24, 2.45) is 5.10 Å². The van der Waals surface area contributed by atoms with Crippen LogP contribution in [0.25, 0.3) is 0 Å². The Morgan fingerprint density at radius 3 is 2.50 bits per heavy atom. The first-order chi connectivity index (χ1) is 11.7. The summed E-state index contributed by atoms with van der Waals surface area (Å²) in [6.07, 6.45) is 5.45. The number of hydrazone groups is 1. The average molecular weight is 322 g/mol. The molecule has 2 heterocycles. The molecule has 1 saturated heterocycles. The molecule has 1 amide bonds. The van der Waals surface area contributed by atoms with Gasteiger partial charge in [0, 0.05) is 25.0 Å². The van der Waals surface area contributed by atoms with Gasteiger partial charge in [-0.2, -0.15) is 5.10 Å². The van der Waals surface area contributed by atoms with Crippen LogP contribution in [0.3, 0.4) is 0 Å². The SMILES string of the molecule is C/C(=N/NC(=O)c1ccccn1)c1ccc(N2CCCCC2)cc1. The van der Waals surface area contributed by atoms with Crippen LogP contribution in [0.15, 0.2) is 53.8 Å². The Morgan fingerprint density at radius 2 is 1.83 bits per heavy atom. The maximum atomic E-state index is 12.0. The monoisotopic (exact) mass is 322 g/mol. The largest absolute Gasteiger partial charge is 0.372 e. The topological polar surface area (TPSA) is 57.6 Å². The summed E-state index contributed by atoms with van der Waals surface area (Å²) in [4.78, 5) is 18.4. The number of piperidine rings is 1. The first-order valence-corrected chi connectivity index (χ1v) is 8.35. The summed E-state index contributed by atoms with van der Waals surface area (Å²) >= 11 is 0. The zero-order chi connectivity index (χ0) is 16.8. The van der Waals surface area contributed by atoms with Crippen molar-refractivity contribution in [3.8, 4) is 0 Å². The highest BCUT2D eigenvalue weighted by atomic mass is 16.2. The highest BCUT2D eigenvalue weighted by molar-refractivity contribution is 6.00. The number of pyridine rings is 1. The van der Waals surface area contributed by atoms with E-state index in [1.807, 2.05) is 6.92 Å². The van der Waals surface area contributed by atoms with E-state index in [1.54, 1.807) is 24.4 Å². The molecule has 5 nitrogen and oxygen atoms in total. The van der Waals surface area contributed by atoms with E-state index in [4.69, 9.17) is 0 Å². The average Bonchev–Trinajstić information content (AvgIpc) is 2.67. The van der Waals surface area contributed by atoms with Crippen molar-refractivity contribution in [1.29, 1.82) is 0 Å². The van der Waals surface area contributed by atoms with Crippen molar-refractivity contribution in [1.82, 2.24) is 10.4 Å². The third-order valence-corrected chi connectivity index (χ3v) is 4.23. The molecule has 0 aliphatic carbocycles. The molecule has 1 aliphatic rings. The van der Waals surface area contributed by atoms with Crippen LogP contribution in [0.2, 0.25) is 0 Å². The molecular weight excluding hydrogens is 300 g/mol. The summed E-state index contributed by atoms with van der Waals surface area (Å²) in [7, 11) is 0. The van der Waals surface area contributed by atoms with Crippen molar-refractivity contribution in [2.75, 3.05) is 18.0 Å². The van der Waals surface area contributed by atoms with Crippen molar-refractivity contribution >= 4 is 17.3 Å². The number of nitrogens with zero attached hydrogens (tertiary/aromatic N) is 3. The molecule has 0 spiro atoms. The third kappa shape index (κ3) is 3.98. The van der Waals surface area contributed by atoms with Gasteiger partial charge in [-0.05, 0) is 56.0 Å². The minimum atomic E-state index is -0.306. The van der Waals surface area contributed by atoms with Gasteiger partial charge in [-0.15, -0.1) is 0 Å². The first kappa shape index (κ1) is 16.2. The van der Waals surface area contributed by atoms with Crippen molar-refractivity contribution < 1.29 is 4.79 Å². The van der Waals surface area contributed by atoms with Crippen LogP contribution in [-0.4, -0.2) is 29.7 Å².